The van der Waals surface area contributed by atoms with Gasteiger partial charge in [-0.1, -0.05) is 36.4 Å². The van der Waals surface area contributed by atoms with Crippen LogP contribution in [0.25, 0.3) is 11.1 Å². The molecule has 2 aliphatic rings. The molecule has 0 aliphatic carbocycles. The molecule has 0 atom stereocenters. The Morgan fingerprint density at radius 3 is 2.03 bits per heavy atom. The van der Waals surface area contributed by atoms with Crippen LogP contribution in [0.4, 0.5) is 4.39 Å². The highest BCUT2D eigenvalue weighted by molar-refractivity contribution is 5.94. The summed E-state index contributed by atoms with van der Waals surface area (Å²) in [7, 11) is 0. The van der Waals surface area contributed by atoms with Crippen molar-refractivity contribution in [3.05, 3.63) is 59.7 Å². The minimum absolute atomic E-state index is 0.156. The van der Waals surface area contributed by atoms with E-state index in [1.54, 1.807) is 13.8 Å². The number of halogens is 1. The van der Waals surface area contributed by atoms with Crippen LogP contribution in [0.2, 0.25) is 0 Å². The standard InChI is InChI=1S/C28H37FN2O/c1-28(2,29)21-30-19-15-23(16-20-30)6-5-22-7-9-24(10-8-22)25-11-13-26(14-12-25)27(32)31-17-3-4-18-31/h7-14,23H,3-6,15-21H2,1-2H3. The SMILES string of the molecule is CC(C)(F)CN1CCC(CCc2ccc(-c3ccc(C(=O)N4CCCC4)cc3)cc2)CC1. The number of hydrogen-bond donors (Lipinski definition) is 0. The molecule has 2 aromatic carbocycles. The average molecular weight is 437 g/mol. The van der Waals surface area contributed by atoms with Crippen molar-refractivity contribution in [2.45, 2.75) is 58.0 Å². The van der Waals surface area contributed by atoms with Crippen LogP contribution in [-0.4, -0.2) is 54.1 Å². The van der Waals surface area contributed by atoms with E-state index in [1.807, 2.05) is 17.0 Å². The Hall–Kier alpha value is -2.20. The van der Waals surface area contributed by atoms with Gasteiger partial charge in [0.1, 0.15) is 5.67 Å². The van der Waals surface area contributed by atoms with E-state index >= 15 is 0 Å². The Labute approximate surface area is 192 Å². The second kappa shape index (κ2) is 10.2. The highest BCUT2D eigenvalue weighted by atomic mass is 19.1. The molecule has 0 bridgehead atoms. The summed E-state index contributed by atoms with van der Waals surface area (Å²) >= 11 is 0. The van der Waals surface area contributed by atoms with Crippen LogP contribution in [-0.2, 0) is 6.42 Å². The van der Waals surface area contributed by atoms with Crippen molar-refractivity contribution in [2.24, 2.45) is 5.92 Å². The Morgan fingerprint density at radius 1 is 0.906 bits per heavy atom. The second-order valence-corrected chi connectivity index (χ2v) is 10.3. The van der Waals surface area contributed by atoms with Gasteiger partial charge in [0.25, 0.3) is 5.91 Å². The number of alkyl halides is 1. The first-order chi connectivity index (χ1) is 15.4. The first-order valence-electron chi connectivity index (χ1n) is 12.3. The van der Waals surface area contributed by atoms with E-state index in [0.29, 0.717) is 6.54 Å². The normalized spacial score (nSPS) is 18.3. The predicted octanol–water partition coefficient (Wildman–Crippen LogP) is 5.98. The van der Waals surface area contributed by atoms with Gasteiger partial charge in [0.2, 0.25) is 0 Å². The summed E-state index contributed by atoms with van der Waals surface area (Å²) in [6, 6.07) is 16.9. The van der Waals surface area contributed by atoms with E-state index in [2.05, 4.69) is 41.3 Å². The molecule has 1 amide bonds. The number of hydrogen-bond acceptors (Lipinski definition) is 2. The van der Waals surface area contributed by atoms with Gasteiger partial charge < -0.3 is 9.80 Å². The lowest BCUT2D eigenvalue weighted by Gasteiger charge is -2.34. The van der Waals surface area contributed by atoms with Gasteiger partial charge in [-0.2, -0.15) is 0 Å². The minimum atomic E-state index is -1.10. The topological polar surface area (TPSA) is 23.6 Å². The van der Waals surface area contributed by atoms with Gasteiger partial charge in [0.05, 0.1) is 0 Å². The Kier molecular flexibility index (Phi) is 7.30. The minimum Gasteiger partial charge on any atom is -0.339 e. The fourth-order valence-electron chi connectivity index (χ4n) is 5.11. The lowest BCUT2D eigenvalue weighted by atomic mass is 9.90. The molecule has 0 unspecified atom stereocenters. The van der Waals surface area contributed by atoms with Crippen molar-refractivity contribution >= 4 is 5.91 Å². The Bertz CT molecular complexity index is 871. The number of carbonyl (C=O) groups is 1. The van der Waals surface area contributed by atoms with Crippen LogP contribution >= 0.6 is 0 Å². The van der Waals surface area contributed by atoms with Crippen LogP contribution in [0.3, 0.4) is 0 Å². The third-order valence-corrected chi connectivity index (χ3v) is 6.96. The van der Waals surface area contributed by atoms with Gasteiger partial charge in [-0.3, -0.25) is 4.79 Å². The maximum absolute atomic E-state index is 13.9. The molecule has 3 nitrogen and oxygen atoms in total. The van der Waals surface area contributed by atoms with E-state index in [1.165, 1.54) is 30.4 Å². The molecule has 2 fully saturated rings. The highest BCUT2D eigenvalue weighted by Gasteiger charge is 2.25. The average Bonchev–Trinajstić information content (AvgIpc) is 3.33. The largest absolute Gasteiger partial charge is 0.339 e. The van der Waals surface area contributed by atoms with Gasteiger partial charge in [0, 0.05) is 25.2 Å². The summed E-state index contributed by atoms with van der Waals surface area (Å²) in [5, 5.41) is 0. The Morgan fingerprint density at radius 2 is 1.47 bits per heavy atom. The number of piperidine rings is 1. The van der Waals surface area contributed by atoms with E-state index in [-0.39, 0.29) is 5.91 Å². The van der Waals surface area contributed by atoms with E-state index in [4.69, 9.17) is 0 Å². The van der Waals surface area contributed by atoms with E-state index < -0.39 is 5.67 Å². The lowest BCUT2D eigenvalue weighted by molar-refractivity contribution is 0.0792. The van der Waals surface area contributed by atoms with Gasteiger partial charge in [0.15, 0.2) is 0 Å². The number of aryl methyl sites for hydroxylation is 1. The number of nitrogens with zero attached hydrogens (tertiary/aromatic N) is 2. The fraction of sp³-hybridized carbons (Fsp3) is 0.536. The molecule has 2 aromatic rings. The van der Waals surface area contributed by atoms with Gasteiger partial charge >= 0.3 is 0 Å². The number of amides is 1. The Balaban J connectivity index is 1.26. The summed E-state index contributed by atoms with van der Waals surface area (Å²) in [5.41, 5.74) is 3.40. The van der Waals surface area contributed by atoms with Crippen molar-refractivity contribution in [1.29, 1.82) is 0 Å². The molecule has 2 saturated heterocycles. The zero-order chi connectivity index (χ0) is 22.6. The molecule has 172 valence electrons. The van der Waals surface area contributed by atoms with Crippen LogP contribution in [0.5, 0.6) is 0 Å². The van der Waals surface area contributed by atoms with Crippen LogP contribution in [0.15, 0.2) is 48.5 Å². The summed E-state index contributed by atoms with van der Waals surface area (Å²) in [4.78, 5) is 16.8. The number of benzene rings is 2. The zero-order valence-corrected chi connectivity index (χ0v) is 19.7. The summed E-state index contributed by atoms with van der Waals surface area (Å²) in [6.45, 7) is 7.71. The molecule has 0 saturated carbocycles. The van der Waals surface area contributed by atoms with Gasteiger partial charge in [-0.25, -0.2) is 4.39 Å². The molecule has 4 heteroatoms. The molecule has 32 heavy (non-hydrogen) atoms. The van der Waals surface area contributed by atoms with Crippen LogP contribution in [0, 0.1) is 5.92 Å². The third kappa shape index (κ3) is 6.19. The monoisotopic (exact) mass is 436 g/mol. The van der Waals surface area contributed by atoms with Crippen molar-refractivity contribution in [2.75, 3.05) is 32.7 Å². The summed E-state index contributed by atoms with van der Waals surface area (Å²) in [5.74, 6) is 0.901. The van der Waals surface area contributed by atoms with Crippen LogP contribution < -0.4 is 0 Å². The summed E-state index contributed by atoms with van der Waals surface area (Å²) < 4.78 is 13.9. The fourth-order valence-corrected chi connectivity index (χ4v) is 5.11. The van der Waals surface area contributed by atoms with Gasteiger partial charge in [-0.05, 0) is 100 Å². The van der Waals surface area contributed by atoms with Crippen LogP contribution in [0.1, 0.15) is 61.9 Å². The summed E-state index contributed by atoms with van der Waals surface area (Å²) in [6.07, 6.45) is 6.90. The maximum atomic E-state index is 13.9. The van der Waals surface area contributed by atoms with E-state index in [9.17, 15) is 9.18 Å². The molecule has 2 heterocycles. The molecular formula is C28H37FN2O. The zero-order valence-electron chi connectivity index (χ0n) is 19.7. The van der Waals surface area contributed by atoms with Crippen molar-refractivity contribution in [3.63, 3.8) is 0 Å². The van der Waals surface area contributed by atoms with Crippen molar-refractivity contribution in [1.82, 2.24) is 9.80 Å². The number of carbonyl (C=O) groups excluding carboxylic acids is 1. The van der Waals surface area contributed by atoms with Crippen molar-refractivity contribution in [3.8, 4) is 11.1 Å². The molecule has 4 rings (SSSR count). The molecule has 0 aromatic heterocycles. The smallest absolute Gasteiger partial charge is 0.253 e. The molecule has 2 aliphatic heterocycles. The second-order valence-electron chi connectivity index (χ2n) is 10.3. The van der Waals surface area contributed by atoms with Crippen molar-refractivity contribution < 1.29 is 9.18 Å². The number of rotatable bonds is 7. The highest BCUT2D eigenvalue weighted by Crippen LogP contribution is 2.26. The third-order valence-electron chi connectivity index (χ3n) is 6.96. The van der Waals surface area contributed by atoms with Gasteiger partial charge in [-0.15, -0.1) is 0 Å². The predicted molar refractivity (Wildman–Crippen MR) is 130 cm³/mol. The first-order valence-corrected chi connectivity index (χ1v) is 12.3. The lowest BCUT2D eigenvalue weighted by Crippen LogP contribution is -2.41. The molecule has 0 spiro atoms. The maximum Gasteiger partial charge on any atom is 0.253 e. The molecule has 0 N–H and O–H groups in total. The molecule has 0 radical (unpaired) electrons. The number of likely N-dealkylation sites (tertiary alicyclic amines) is 2. The van der Waals surface area contributed by atoms with E-state index in [0.717, 1.165) is 62.5 Å². The quantitative estimate of drug-likeness (QED) is 0.533. The first kappa shape index (κ1) is 23.0. The molecular weight excluding hydrogens is 399 g/mol.